The highest BCUT2D eigenvalue weighted by atomic mass is 19.4. The number of halogens is 3. The summed E-state index contributed by atoms with van der Waals surface area (Å²) in [6, 6.07) is 11.5. The smallest absolute Gasteiger partial charge is 0.354 e. The van der Waals surface area contributed by atoms with E-state index in [2.05, 4.69) is 20.6 Å². The van der Waals surface area contributed by atoms with Gasteiger partial charge in [-0.2, -0.15) is 13.2 Å². The summed E-state index contributed by atoms with van der Waals surface area (Å²) in [4.78, 5) is 20.1. The van der Waals surface area contributed by atoms with Crippen LogP contribution >= 0.6 is 0 Å². The summed E-state index contributed by atoms with van der Waals surface area (Å²) in [5, 5.41) is 5.56. The third-order valence-electron chi connectivity index (χ3n) is 3.65. The molecule has 0 aliphatic carbocycles. The standard InChI is InChI=1S/C19H15F3N4O/c20-19(21,22)14-4-1-5-15(9-14)26-16-6-7-17(24-12-16)18(27)25-11-13-3-2-8-23-10-13/h1-10,12,26H,11H2,(H,25,27). The van der Waals surface area contributed by atoms with Crippen molar-refractivity contribution in [2.75, 3.05) is 5.32 Å². The van der Waals surface area contributed by atoms with Crippen molar-refractivity contribution in [1.29, 1.82) is 0 Å². The van der Waals surface area contributed by atoms with Gasteiger partial charge in [-0.25, -0.2) is 4.98 Å². The minimum absolute atomic E-state index is 0.202. The monoisotopic (exact) mass is 372 g/mol. The van der Waals surface area contributed by atoms with Crippen LogP contribution in [0.2, 0.25) is 0 Å². The first-order chi connectivity index (χ1) is 12.9. The van der Waals surface area contributed by atoms with E-state index >= 15 is 0 Å². The molecular weight excluding hydrogens is 357 g/mol. The summed E-state index contributed by atoms with van der Waals surface area (Å²) in [6.07, 6.45) is 0.268. The molecule has 0 radical (unpaired) electrons. The summed E-state index contributed by atoms with van der Waals surface area (Å²) in [5.74, 6) is -0.357. The molecule has 1 aromatic carbocycles. The fourth-order valence-electron chi connectivity index (χ4n) is 2.32. The molecule has 0 atom stereocenters. The normalized spacial score (nSPS) is 11.1. The van der Waals surface area contributed by atoms with Crippen LogP contribution in [0, 0.1) is 0 Å². The molecule has 2 N–H and O–H groups in total. The van der Waals surface area contributed by atoms with Gasteiger partial charge in [0.1, 0.15) is 5.69 Å². The van der Waals surface area contributed by atoms with Gasteiger partial charge in [0.2, 0.25) is 0 Å². The number of carbonyl (C=O) groups excluding carboxylic acids is 1. The molecule has 138 valence electrons. The number of amides is 1. The van der Waals surface area contributed by atoms with Crippen LogP contribution in [0.25, 0.3) is 0 Å². The molecule has 0 bridgehead atoms. The van der Waals surface area contributed by atoms with Crippen LogP contribution < -0.4 is 10.6 Å². The number of hydrogen-bond acceptors (Lipinski definition) is 4. The maximum absolute atomic E-state index is 12.8. The van der Waals surface area contributed by atoms with E-state index in [9.17, 15) is 18.0 Å². The number of carbonyl (C=O) groups is 1. The lowest BCUT2D eigenvalue weighted by Crippen LogP contribution is -2.23. The van der Waals surface area contributed by atoms with Gasteiger partial charge in [0.15, 0.2) is 0 Å². The molecule has 0 saturated carbocycles. The van der Waals surface area contributed by atoms with Crippen molar-refractivity contribution in [1.82, 2.24) is 15.3 Å². The Hall–Kier alpha value is -3.42. The van der Waals surface area contributed by atoms with Crippen molar-refractivity contribution in [2.24, 2.45) is 0 Å². The van der Waals surface area contributed by atoms with E-state index in [0.717, 1.165) is 17.7 Å². The Kier molecular flexibility index (Phi) is 5.35. The van der Waals surface area contributed by atoms with Crippen molar-refractivity contribution in [3.05, 3.63) is 83.9 Å². The number of pyridine rings is 2. The zero-order valence-corrected chi connectivity index (χ0v) is 14.0. The Labute approximate surface area is 153 Å². The van der Waals surface area contributed by atoms with E-state index < -0.39 is 11.7 Å². The van der Waals surface area contributed by atoms with Gasteiger partial charge in [0.25, 0.3) is 5.91 Å². The highest BCUT2D eigenvalue weighted by Gasteiger charge is 2.30. The summed E-state index contributed by atoms with van der Waals surface area (Å²) < 4.78 is 38.3. The number of nitrogens with one attached hydrogen (secondary N) is 2. The van der Waals surface area contributed by atoms with Gasteiger partial charge in [-0.15, -0.1) is 0 Å². The molecule has 0 unspecified atom stereocenters. The van der Waals surface area contributed by atoms with E-state index in [1.54, 1.807) is 24.5 Å². The Bertz CT molecular complexity index is 912. The van der Waals surface area contributed by atoms with Crippen LogP contribution in [-0.4, -0.2) is 15.9 Å². The fourth-order valence-corrected chi connectivity index (χ4v) is 2.32. The second-order valence-corrected chi connectivity index (χ2v) is 5.68. The van der Waals surface area contributed by atoms with E-state index in [1.807, 2.05) is 6.07 Å². The summed E-state index contributed by atoms with van der Waals surface area (Å²) >= 11 is 0. The lowest BCUT2D eigenvalue weighted by atomic mass is 10.2. The average Bonchev–Trinajstić information content (AvgIpc) is 2.67. The number of aromatic nitrogens is 2. The predicted octanol–water partition coefficient (Wildman–Crippen LogP) is 4.17. The largest absolute Gasteiger partial charge is 0.416 e. The molecule has 0 saturated heterocycles. The summed E-state index contributed by atoms with van der Waals surface area (Å²) in [7, 11) is 0. The molecule has 2 heterocycles. The number of hydrogen-bond donors (Lipinski definition) is 2. The SMILES string of the molecule is O=C(NCc1cccnc1)c1ccc(Nc2cccc(C(F)(F)F)c2)cn1. The minimum Gasteiger partial charge on any atom is -0.354 e. The molecule has 1 amide bonds. The van der Waals surface area contributed by atoms with Gasteiger partial charge < -0.3 is 10.6 Å². The highest BCUT2D eigenvalue weighted by Crippen LogP contribution is 2.31. The maximum atomic E-state index is 12.8. The molecule has 8 heteroatoms. The van der Waals surface area contributed by atoms with Crippen molar-refractivity contribution < 1.29 is 18.0 Å². The second-order valence-electron chi connectivity index (χ2n) is 5.68. The second kappa shape index (κ2) is 7.86. The number of alkyl halides is 3. The quantitative estimate of drug-likeness (QED) is 0.706. The molecule has 3 rings (SSSR count). The van der Waals surface area contributed by atoms with Gasteiger partial charge in [-0.1, -0.05) is 12.1 Å². The topological polar surface area (TPSA) is 66.9 Å². The highest BCUT2D eigenvalue weighted by molar-refractivity contribution is 5.92. The fraction of sp³-hybridized carbons (Fsp3) is 0.105. The van der Waals surface area contributed by atoms with Crippen LogP contribution in [0.5, 0.6) is 0 Å². The van der Waals surface area contributed by atoms with Crippen molar-refractivity contribution in [2.45, 2.75) is 12.7 Å². The molecule has 0 aliphatic rings. The first-order valence-corrected chi connectivity index (χ1v) is 7.99. The van der Waals surface area contributed by atoms with E-state index in [0.29, 0.717) is 12.2 Å². The van der Waals surface area contributed by atoms with Crippen LogP contribution in [0.3, 0.4) is 0 Å². The molecule has 5 nitrogen and oxygen atoms in total. The van der Waals surface area contributed by atoms with Crippen LogP contribution in [0.4, 0.5) is 24.5 Å². The molecule has 27 heavy (non-hydrogen) atoms. The first-order valence-electron chi connectivity index (χ1n) is 7.99. The van der Waals surface area contributed by atoms with Crippen LogP contribution in [0.15, 0.2) is 67.1 Å². The zero-order valence-electron chi connectivity index (χ0n) is 14.0. The van der Waals surface area contributed by atoms with E-state index in [-0.39, 0.29) is 17.3 Å². The Morgan fingerprint density at radius 3 is 2.52 bits per heavy atom. The van der Waals surface area contributed by atoms with Gasteiger partial charge in [0.05, 0.1) is 17.4 Å². The van der Waals surface area contributed by atoms with Crippen molar-refractivity contribution in [3.63, 3.8) is 0 Å². The number of anilines is 2. The van der Waals surface area contributed by atoms with E-state index in [1.165, 1.54) is 24.4 Å². The van der Waals surface area contributed by atoms with Crippen molar-refractivity contribution in [3.8, 4) is 0 Å². The van der Waals surface area contributed by atoms with Gasteiger partial charge in [0, 0.05) is 24.6 Å². The number of benzene rings is 1. The molecule has 0 fully saturated rings. The van der Waals surface area contributed by atoms with Crippen LogP contribution in [-0.2, 0) is 12.7 Å². The third-order valence-corrected chi connectivity index (χ3v) is 3.65. The Balaban J connectivity index is 1.62. The lowest BCUT2D eigenvalue weighted by Gasteiger charge is -2.11. The summed E-state index contributed by atoms with van der Waals surface area (Å²) in [5.41, 5.74) is 1.06. The Morgan fingerprint density at radius 2 is 1.85 bits per heavy atom. The zero-order chi connectivity index (χ0) is 19.3. The van der Waals surface area contributed by atoms with Crippen molar-refractivity contribution >= 4 is 17.3 Å². The Morgan fingerprint density at radius 1 is 1.00 bits per heavy atom. The van der Waals surface area contributed by atoms with Gasteiger partial charge >= 0.3 is 6.18 Å². The lowest BCUT2D eigenvalue weighted by molar-refractivity contribution is -0.137. The number of rotatable bonds is 5. The van der Waals surface area contributed by atoms with E-state index in [4.69, 9.17) is 0 Å². The van der Waals surface area contributed by atoms with Gasteiger partial charge in [-0.3, -0.25) is 9.78 Å². The van der Waals surface area contributed by atoms with Crippen LogP contribution in [0.1, 0.15) is 21.6 Å². The summed E-state index contributed by atoms with van der Waals surface area (Å²) in [6.45, 7) is 0.318. The maximum Gasteiger partial charge on any atom is 0.416 e. The molecule has 3 aromatic rings. The minimum atomic E-state index is -4.41. The molecule has 0 aliphatic heterocycles. The molecule has 2 aromatic heterocycles. The molecular formula is C19H15F3N4O. The predicted molar refractivity (Wildman–Crippen MR) is 94.4 cm³/mol. The first kappa shape index (κ1) is 18.4. The van der Waals surface area contributed by atoms with Gasteiger partial charge in [-0.05, 0) is 42.0 Å². The third kappa shape index (κ3) is 5.04. The average molecular weight is 372 g/mol. The number of nitrogens with zero attached hydrogens (tertiary/aromatic N) is 2. The molecule has 0 spiro atoms.